The van der Waals surface area contributed by atoms with Crippen LogP contribution < -0.4 is 10.6 Å². The molecule has 35 heavy (non-hydrogen) atoms. The van der Waals surface area contributed by atoms with Gasteiger partial charge in [0.2, 0.25) is 0 Å². The van der Waals surface area contributed by atoms with Crippen LogP contribution in [0, 0.1) is 12.8 Å². The number of nitrogens with zero attached hydrogens (tertiary/aromatic N) is 1. The molecule has 0 saturated heterocycles. The molecule has 1 aromatic heterocycles. The number of aliphatic carboxylic acids is 1. The van der Waals surface area contributed by atoms with E-state index in [0.29, 0.717) is 29.6 Å². The number of aryl methyl sites for hydroxylation is 1. The molecular weight excluding hydrogens is 446 g/mol. The highest BCUT2D eigenvalue weighted by molar-refractivity contribution is 5.90. The second-order valence-electron chi connectivity index (χ2n) is 9.11. The number of carbonyl (C=O) groups excluding carboxylic acids is 1. The van der Waals surface area contributed by atoms with E-state index in [2.05, 4.69) is 15.8 Å². The molecule has 2 unspecified atom stereocenters. The van der Waals surface area contributed by atoms with Crippen molar-refractivity contribution < 1.29 is 24.0 Å². The Bertz CT molecular complexity index is 1140. The van der Waals surface area contributed by atoms with Crippen LogP contribution in [0.1, 0.15) is 55.5 Å². The van der Waals surface area contributed by atoms with E-state index >= 15 is 0 Å². The van der Waals surface area contributed by atoms with Gasteiger partial charge >= 0.3 is 12.1 Å². The molecule has 2 aromatic carbocycles. The zero-order chi connectivity index (χ0) is 24.8. The van der Waals surface area contributed by atoms with Crippen molar-refractivity contribution in [1.82, 2.24) is 10.5 Å². The molecule has 2 atom stereocenters. The molecule has 184 valence electrons. The monoisotopic (exact) mass is 477 g/mol. The Morgan fingerprint density at radius 3 is 2.51 bits per heavy atom. The first kappa shape index (κ1) is 24.5. The predicted molar refractivity (Wildman–Crippen MR) is 132 cm³/mol. The first-order valence-electron chi connectivity index (χ1n) is 11.9. The number of hydrogen-bond donors (Lipinski definition) is 3. The van der Waals surface area contributed by atoms with Gasteiger partial charge in [-0.15, -0.1) is 0 Å². The molecule has 1 heterocycles. The fraction of sp³-hybridized carbons (Fsp3) is 0.370. The Hall–Kier alpha value is -3.65. The van der Waals surface area contributed by atoms with Crippen LogP contribution in [0.5, 0.6) is 0 Å². The predicted octanol–water partition coefficient (Wildman–Crippen LogP) is 5.69. The third-order valence-electron chi connectivity index (χ3n) is 6.19. The SMILES string of the molecule is Cc1noc(-c2ccc(CNC(CC(=O)O)CC3CC3)cc2)c1NC(=O)OC(C)c1ccccc1. The lowest BCUT2D eigenvalue weighted by Crippen LogP contribution is -2.31. The van der Waals surface area contributed by atoms with Gasteiger partial charge in [-0.25, -0.2) is 4.79 Å². The number of nitrogens with one attached hydrogen (secondary N) is 2. The van der Waals surface area contributed by atoms with E-state index < -0.39 is 18.2 Å². The first-order chi connectivity index (χ1) is 16.9. The Kier molecular flexibility index (Phi) is 7.82. The number of amides is 1. The van der Waals surface area contributed by atoms with Crippen molar-refractivity contribution in [3.63, 3.8) is 0 Å². The van der Waals surface area contributed by atoms with Crippen molar-refractivity contribution in [1.29, 1.82) is 0 Å². The van der Waals surface area contributed by atoms with E-state index in [1.807, 2.05) is 61.5 Å². The number of carboxylic acid groups (broad SMARTS) is 1. The van der Waals surface area contributed by atoms with Crippen LogP contribution in [-0.2, 0) is 16.1 Å². The van der Waals surface area contributed by atoms with Gasteiger partial charge in [-0.05, 0) is 37.3 Å². The van der Waals surface area contributed by atoms with Crippen LogP contribution >= 0.6 is 0 Å². The van der Waals surface area contributed by atoms with Crippen molar-refractivity contribution in [2.45, 2.75) is 58.2 Å². The third kappa shape index (κ3) is 6.93. The maximum absolute atomic E-state index is 12.5. The highest BCUT2D eigenvalue weighted by Crippen LogP contribution is 2.34. The van der Waals surface area contributed by atoms with Crippen LogP contribution in [0.3, 0.4) is 0 Å². The normalized spacial score (nSPS) is 14.8. The summed E-state index contributed by atoms with van der Waals surface area (Å²) in [6.45, 7) is 4.15. The highest BCUT2D eigenvalue weighted by atomic mass is 16.6. The summed E-state index contributed by atoms with van der Waals surface area (Å²) in [7, 11) is 0. The minimum atomic E-state index is -0.782. The van der Waals surface area contributed by atoms with Crippen molar-refractivity contribution >= 4 is 17.7 Å². The van der Waals surface area contributed by atoms with Gasteiger partial charge in [-0.3, -0.25) is 10.1 Å². The van der Waals surface area contributed by atoms with E-state index in [-0.39, 0.29) is 12.5 Å². The average molecular weight is 478 g/mol. The fourth-order valence-electron chi connectivity index (χ4n) is 4.04. The summed E-state index contributed by atoms with van der Waals surface area (Å²) in [6.07, 6.45) is 2.41. The molecule has 1 fully saturated rings. The summed E-state index contributed by atoms with van der Waals surface area (Å²) in [5.74, 6) is 0.317. The van der Waals surface area contributed by atoms with Gasteiger partial charge in [0.1, 0.15) is 17.5 Å². The molecular formula is C27H31N3O5. The molecule has 0 bridgehead atoms. The molecule has 8 heteroatoms. The lowest BCUT2D eigenvalue weighted by Gasteiger charge is -2.17. The Morgan fingerprint density at radius 2 is 1.86 bits per heavy atom. The topological polar surface area (TPSA) is 114 Å². The second-order valence-corrected chi connectivity index (χ2v) is 9.11. The molecule has 1 aliphatic rings. The van der Waals surface area contributed by atoms with Gasteiger partial charge in [-0.1, -0.05) is 72.6 Å². The van der Waals surface area contributed by atoms with Gasteiger partial charge in [0.15, 0.2) is 5.76 Å². The molecule has 1 saturated carbocycles. The Labute approximate surface area is 204 Å². The van der Waals surface area contributed by atoms with Gasteiger partial charge in [0.25, 0.3) is 0 Å². The molecule has 0 spiro atoms. The van der Waals surface area contributed by atoms with E-state index in [4.69, 9.17) is 9.26 Å². The maximum atomic E-state index is 12.5. The van der Waals surface area contributed by atoms with E-state index in [9.17, 15) is 14.7 Å². The minimum absolute atomic E-state index is 0.0308. The summed E-state index contributed by atoms with van der Waals surface area (Å²) in [5.41, 5.74) is 3.71. The van der Waals surface area contributed by atoms with Gasteiger partial charge in [0.05, 0.1) is 6.42 Å². The molecule has 1 amide bonds. The fourth-order valence-corrected chi connectivity index (χ4v) is 4.04. The smallest absolute Gasteiger partial charge is 0.412 e. The summed E-state index contributed by atoms with van der Waals surface area (Å²) in [6, 6.07) is 17.2. The van der Waals surface area contributed by atoms with Crippen LogP contribution in [0.25, 0.3) is 11.3 Å². The average Bonchev–Trinajstić information content (AvgIpc) is 3.59. The minimum Gasteiger partial charge on any atom is -0.481 e. The van der Waals surface area contributed by atoms with Crippen LogP contribution in [0.4, 0.5) is 10.5 Å². The van der Waals surface area contributed by atoms with Crippen molar-refractivity contribution in [2.24, 2.45) is 5.92 Å². The van der Waals surface area contributed by atoms with Crippen molar-refractivity contribution in [3.8, 4) is 11.3 Å². The molecule has 1 aliphatic carbocycles. The number of carboxylic acids is 1. The van der Waals surface area contributed by atoms with Gasteiger partial charge in [0, 0.05) is 18.2 Å². The molecule has 3 N–H and O–H groups in total. The zero-order valence-corrected chi connectivity index (χ0v) is 20.0. The molecule has 8 nitrogen and oxygen atoms in total. The molecule has 0 radical (unpaired) electrons. The third-order valence-corrected chi connectivity index (χ3v) is 6.19. The van der Waals surface area contributed by atoms with E-state index in [0.717, 1.165) is 23.1 Å². The highest BCUT2D eigenvalue weighted by Gasteiger charge is 2.26. The van der Waals surface area contributed by atoms with Crippen LogP contribution in [-0.4, -0.2) is 28.4 Å². The van der Waals surface area contributed by atoms with Crippen LogP contribution in [0.15, 0.2) is 59.1 Å². The number of rotatable bonds is 11. The zero-order valence-electron chi connectivity index (χ0n) is 20.0. The summed E-state index contributed by atoms with van der Waals surface area (Å²) in [5, 5.41) is 19.3. The lowest BCUT2D eigenvalue weighted by atomic mass is 10.1. The maximum Gasteiger partial charge on any atom is 0.412 e. The number of carbonyl (C=O) groups is 2. The summed E-state index contributed by atoms with van der Waals surface area (Å²) >= 11 is 0. The van der Waals surface area contributed by atoms with Crippen LogP contribution in [0.2, 0.25) is 0 Å². The number of benzene rings is 2. The Balaban J connectivity index is 1.38. The summed E-state index contributed by atoms with van der Waals surface area (Å²) in [4.78, 5) is 23.7. The largest absolute Gasteiger partial charge is 0.481 e. The number of anilines is 1. The lowest BCUT2D eigenvalue weighted by molar-refractivity contribution is -0.137. The van der Waals surface area contributed by atoms with Crippen molar-refractivity contribution in [3.05, 3.63) is 71.4 Å². The Morgan fingerprint density at radius 1 is 1.14 bits per heavy atom. The quantitative estimate of drug-likeness (QED) is 0.325. The molecule has 3 aromatic rings. The van der Waals surface area contributed by atoms with Gasteiger partial charge < -0.3 is 19.7 Å². The van der Waals surface area contributed by atoms with Crippen molar-refractivity contribution in [2.75, 3.05) is 5.32 Å². The number of hydrogen-bond acceptors (Lipinski definition) is 6. The second kappa shape index (κ2) is 11.2. The standard InChI is InChI=1S/C27H31N3O5/c1-17-25(29-27(33)34-18(2)21-6-4-3-5-7-21)26(35-30-17)22-12-10-20(11-13-22)16-28-23(15-24(31)32)14-19-8-9-19/h3-7,10-13,18-19,23,28H,8-9,14-16H2,1-2H3,(H,29,33)(H,31,32). The number of aromatic nitrogens is 1. The van der Waals surface area contributed by atoms with E-state index in [1.54, 1.807) is 6.92 Å². The van der Waals surface area contributed by atoms with E-state index in [1.165, 1.54) is 12.8 Å². The van der Waals surface area contributed by atoms with Gasteiger partial charge in [-0.2, -0.15) is 0 Å². The summed E-state index contributed by atoms with van der Waals surface area (Å²) < 4.78 is 11.0. The number of ether oxygens (including phenoxy) is 1. The molecule has 4 rings (SSSR count). The molecule has 0 aliphatic heterocycles. The first-order valence-corrected chi connectivity index (χ1v) is 11.9.